The number of rotatable bonds is 11. The maximum absolute atomic E-state index is 11.4. The zero-order valence-corrected chi connectivity index (χ0v) is 21.7. The fraction of sp³-hybridized carbons (Fsp3) is 0.480. The highest BCUT2D eigenvalue weighted by Gasteiger charge is 2.40. The zero-order chi connectivity index (χ0) is 23.9. The number of carboxylic acid groups (broad SMARTS) is 1. The Labute approximate surface area is 206 Å². The van der Waals surface area contributed by atoms with Gasteiger partial charge < -0.3 is 15.2 Å². The van der Waals surface area contributed by atoms with E-state index in [0.717, 1.165) is 23.3 Å². The Morgan fingerprint density at radius 1 is 1.09 bits per heavy atom. The predicted molar refractivity (Wildman–Crippen MR) is 136 cm³/mol. The molecular formula is C25H33Cl2NO3S. The van der Waals surface area contributed by atoms with Crippen molar-refractivity contribution in [2.45, 2.75) is 63.5 Å². The van der Waals surface area contributed by atoms with Crippen molar-refractivity contribution in [2.24, 2.45) is 0 Å². The predicted octanol–water partition coefficient (Wildman–Crippen LogP) is 6.95. The molecule has 0 unspecified atom stereocenters. The van der Waals surface area contributed by atoms with Gasteiger partial charge in [0.15, 0.2) is 0 Å². The van der Waals surface area contributed by atoms with Crippen LogP contribution in [0.5, 0.6) is 0 Å². The molecule has 0 aliphatic heterocycles. The molecule has 0 aromatic heterocycles. The van der Waals surface area contributed by atoms with Crippen LogP contribution in [0.2, 0.25) is 10.0 Å². The molecule has 0 aliphatic rings. The van der Waals surface area contributed by atoms with E-state index in [1.54, 1.807) is 6.07 Å². The Hall–Kier alpha value is -1.24. The van der Waals surface area contributed by atoms with Gasteiger partial charge in [-0.15, -0.1) is 0 Å². The Kier molecular flexibility index (Phi) is 9.92. The molecule has 2 aromatic rings. The highest BCUT2D eigenvalue weighted by atomic mass is 35.5. The number of halogens is 2. The largest absolute Gasteiger partial charge is 0.480 e. The van der Waals surface area contributed by atoms with E-state index < -0.39 is 24.2 Å². The number of hydrogen-bond acceptors (Lipinski definition) is 4. The number of hydrogen-bond donors (Lipinski definition) is 2. The van der Waals surface area contributed by atoms with E-state index in [2.05, 4.69) is 33.0 Å². The Bertz CT molecular complexity index is 886. The fourth-order valence-corrected chi connectivity index (χ4v) is 4.91. The average molecular weight is 499 g/mol. The summed E-state index contributed by atoms with van der Waals surface area (Å²) in [7, 11) is 0. The summed E-state index contributed by atoms with van der Waals surface area (Å²) in [6.07, 6.45) is 0.320. The van der Waals surface area contributed by atoms with Gasteiger partial charge in [-0.1, -0.05) is 75.2 Å². The maximum Gasteiger partial charge on any atom is 0.329 e. The summed E-state index contributed by atoms with van der Waals surface area (Å²) < 4.78 is 6.16. The Balaban J connectivity index is 2.54. The quantitative estimate of drug-likeness (QED) is 0.351. The minimum atomic E-state index is -1.02. The number of nitrogens with one attached hydrogen (secondary N) is 1. The van der Waals surface area contributed by atoms with Gasteiger partial charge in [0.25, 0.3) is 0 Å². The van der Waals surface area contributed by atoms with Gasteiger partial charge in [0, 0.05) is 26.6 Å². The third kappa shape index (κ3) is 7.96. The second kappa shape index (κ2) is 11.8. The van der Waals surface area contributed by atoms with Crippen LogP contribution in [0.3, 0.4) is 0 Å². The summed E-state index contributed by atoms with van der Waals surface area (Å²) in [6.45, 7) is 10.4. The molecule has 4 nitrogen and oxygen atoms in total. The summed E-state index contributed by atoms with van der Waals surface area (Å²) in [6, 6.07) is 15.2. The van der Waals surface area contributed by atoms with E-state index >= 15 is 0 Å². The van der Waals surface area contributed by atoms with Crippen LogP contribution in [0.4, 0.5) is 0 Å². The van der Waals surface area contributed by atoms with Gasteiger partial charge in [-0.25, -0.2) is 4.79 Å². The molecule has 2 rings (SSSR count). The van der Waals surface area contributed by atoms with E-state index in [-0.39, 0.29) is 10.8 Å². The molecule has 176 valence electrons. The van der Waals surface area contributed by atoms with Crippen molar-refractivity contribution in [1.82, 2.24) is 5.32 Å². The third-order valence-corrected chi connectivity index (χ3v) is 7.13. The summed E-state index contributed by atoms with van der Waals surface area (Å²) in [5, 5.41) is 14.4. The lowest BCUT2D eigenvalue weighted by Crippen LogP contribution is -2.51. The lowest BCUT2D eigenvalue weighted by atomic mass is 9.81. The molecule has 0 saturated heterocycles. The lowest BCUT2D eigenvalue weighted by Gasteiger charge is -2.42. The molecule has 0 aliphatic carbocycles. The zero-order valence-electron chi connectivity index (χ0n) is 19.3. The van der Waals surface area contributed by atoms with Gasteiger partial charge in [-0.3, -0.25) is 0 Å². The topological polar surface area (TPSA) is 58.6 Å². The standard InChI is InChI=1S/C25H33Cl2NO3S/c1-6-21(16-32-24(2,3)4)28-25(5,18-10-12-19(26)13-11-18)23(31-15-22(29)30)17-8-7-9-20(27)14-17/h7-14,21,23,28H,6,15-16H2,1-5H3,(H,29,30)/t21-,23+,25-/m0/s1. The molecule has 2 aromatic carbocycles. The fourth-order valence-electron chi connectivity index (χ4n) is 3.56. The van der Waals surface area contributed by atoms with Gasteiger partial charge in [0.05, 0.1) is 5.54 Å². The molecule has 0 spiro atoms. The van der Waals surface area contributed by atoms with Gasteiger partial charge in [0.2, 0.25) is 0 Å². The Morgan fingerprint density at radius 3 is 2.28 bits per heavy atom. The second-order valence-electron chi connectivity index (χ2n) is 9.02. The highest BCUT2D eigenvalue weighted by molar-refractivity contribution is 8.00. The molecule has 0 bridgehead atoms. The lowest BCUT2D eigenvalue weighted by molar-refractivity contribution is -0.146. The number of benzene rings is 2. The van der Waals surface area contributed by atoms with E-state index in [9.17, 15) is 9.90 Å². The van der Waals surface area contributed by atoms with Crippen LogP contribution in [0, 0.1) is 0 Å². The van der Waals surface area contributed by atoms with Gasteiger partial charge >= 0.3 is 5.97 Å². The van der Waals surface area contributed by atoms with E-state index in [1.165, 1.54) is 0 Å². The van der Waals surface area contributed by atoms with Crippen LogP contribution in [-0.4, -0.2) is 34.2 Å². The molecule has 0 saturated carbocycles. The number of ether oxygens (including phenoxy) is 1. The first-order valence-electron chi connectivity index (χ1n) is 10.7. The van der Waals surface area contributed by atoms with Crippen molar-refractivity contribution in [3.05, 3.63) is 69.7 Å². The minimum absolute atomic E-state index is 0.137. The molecule has 0 radical (unpaired) electrons. The van der Waals surface area contributed by atoms with Gasteiger partial charge in [-0.2, -0.15) is 11.8 Å². The van der Waals surface area contributed by atoms with Crippen molar-refractivity contribution < 1.29 is 14.6 Å². The molecule has 0 amide bonds. The smallest absolute Gasteiger partial charge is 0.329 e. The second-order valence-corrected chi connectivity index (χ2v) is 11.7. The van der Waals surface area contributed by atoms with Crippen molar-refractivity contribution in [3.63, 3.8) is 0 Å². The minimum Gasteiger partial charge on any atom is -0.480 e. The van der Waals surface area contributed by atoms with Gasteiger partial charge in [-0.05, 0) is 48.7 Å². The first kappa shape index (κ1) is 27.0. The first-order valence-corrected chi connectivity index (χ1v) is 12.5. The molecule has 32 heavy (non-hydrogen) atoms. The summed E-state index contributed by atoms with van der Waals surface area (Å²) in [5.74, 6) is -0.115. The average Bonchev–Trinajstić information content (AvgIpc) is 2.71. The van der Waals surface area contributed by atoms with Crippen molar-refractivity contribution in [1.29, 1.82) is 0 Å². The molecule has 2 N–H and O–H groups in total. The van der Waals surface area contributed by atoms with E-state index in [4.69, 9.17) is 27.9 Å². The highest BCUT2D eigenvalue weighted by Crippen LogP contribution is 2.40. The van der Waals surface area contributed by atoms with Crippen LogP contribution in [0.15, 0.2) is 48.5 Å². The van der Waals surface area contributed by atoms with Crippen LogP contribution < -0.4 is 5.32 Å². The number of aliphatic carboxylic acids is 1. The monoisotopic (exact) mass is 497 g/mol. The molecule has 0 heterocycles. The van der Waals surface area contributed by atoms with Crippen LogP contribution in [0.1, 0.15) is 58.3 Å². The van der Waals surface area contributed by atoms with E-state index in [0.29, 0.717) is 10.0 Å². The van der Waals surface area contributed by atoms with Crippen LogP contribution >= 0.6 is 35.0 Å². The maximum atomic E-state index is 11.4. The molecule has 3 atom stereocenters. The summed E-state index contributed by atoms with van der Waals surface area (Å²) >= 11 is 14.3. The van der Waals surface area contributed by atoms with Crippen molar-refractivity contribution in [3.8, 4) is 0 Å². The van der Waals surface area contributed by atoms with Crippen LogP contribution in [0.25, 0.3) is 0 Å². The SMILES string of the molecule is CC[C@@H](CSC(C)(C)C)N[C@@](C)(c1ccc(Cl)cc1)[C@H](OCC(=O)O)c1cccc(Cl)c1. The van der Waals surface area contributed by atoms with Gasteiger partial charge in [0.1, 0.15) is 12.7 Å². The number of carboxylic acids is 1. The summed E-state index contributed by atoms with van der Waals surface area (Å²) in [5.41, 5.74) is 1.03. The number of thioether (sulfide) groups is 1. The molecule has 0 fully saturated rings. The van der Waals surface area contributed by atoms with Crippen molar-refractivity contribution >= 4 is 40.9 Å². The first-order chi connectivity index (χ1) is 14.9. The third-order valence-electron chi connectivity index (χ3n) is 5.21. The molecule has 7 heteroatoms. The molecular weight excluding hydrogens is 465 g/mol. The normalized spacial score (nSPS) is 15.7. The summed E-state index contributed by atoms with van der Waals surface area (Å²) in [4.78, 5) is 11.4. The van der Waals surface area contributed by atoms with Crippen LogP contribution in [-0.2, 0) is 15.1 Å². The van der Waals surface area contributed by atoms with Crippen molar-refractivity contribution in [2.75, 3.05) is 12.4 Å². The van der Waals surface area contributed by atoms with E-state index in [1.807, 2.05) is 61.2 Å². The Morgan fingerprint density at radius 2 is 1.75 bits per heavy atom. The number of carbonyl (C=O) groups is 1.